The molecule has 1 atom stereocenters. The maximum Gasteiger partial charge on any atom is 0.410 e. The van der Waals surface area contributed by atoms with E-state index in [1.165, 1.54) is 4.90 Å². The summed E-state index contributed by atoms with van der Waals surface area (Å²) in [4.78, 5) is 27.2. The van der Waals surface area contributed by atoms with Crippen LogP contribution in [-0.4, -0.2) is 73.3 Å². The van der Waals surface area contributed by atoms with Gasteiger partial charge in [0.05, 0.1) is 12.6 Å². The molecular weight excluding hydrogens is 364 g/mol. The Morgan fingerprint density at radius 3 is 2.26 bits per heavy atom. The number of likely N-dealkylation sites (tertiary alicyclic amines) is 1. The Morgan fingerprint density at radius 2 is 1.78 bits per heavy atom. The van der Waals surface area contributed by atoms with Crippen LogP contribution in [0.15, 0.2) is 0 Å². The van der Waals surface area contributed by atoms with Crippen molar-refractivity contribution in [2.45, 2.75) is 84.2 Å². The van der Waals surface area contributed by atoms with Crippen molar-refractivity contribution in [1.82, 2.24) is 9.80 Å². The molecule has 1 N–H and O–H groups in total. The quantitative estimate of drug-likeness (QED) is 0.690. The molecule has 0 spiro atoms. The number of carbonyl (C=O) groups is 2. The average molecular weight is 403 g/mol. The normalized spacial score (nSPS) is 19.0. The summed E-state index contributed by atoms with van der Waals surface area (Å²) in [5, 5.41) is 9.40. The molecule has 1 fully saturated rings. The molecule has 1 aliphatic rings. The lowest BCUT2D eigenvalue weighted by Crippen LogP contribution is -2.54. The molecule has 1 saturated heterocycles. The van der Waals surface area contributed by atoms with Crippen LogP contribution < -0.4 is 0 Å². The number of amides is 2. The van der Waals surface area contributed by atoms with Crippen molar-refractivity contribution in [2.24, 2.45) is 0 Å². The molecule has 0 bridgehead atoms. The molecular formula is C19H38N2O5Si. The number of carboxylic acid groups (broad SMARTS) is 1. The first kappa shape index (κ1) is 23.8. The Labute approximate surface area is 165 Å². The van der Waals surface area contributed by atoms with E-state index in [2.05, 4.69) is 33.9 Å². The largest absolute Gasteiger partial charge is 0.465 e. The molecule has 0 saturated carbocycles. The van der Waals surface area contributed by atoms with E-state index in [9.17, 15) is 14.7 Å². The van der Waals surface area contributed by atoms with Gasteiger partial charge in [0.15, 0.2) is 8.32 Å². The Kier molecular flexibility index (Phi) is 7.75. The second-order valence-electron chi connectivity index (χ2n) is 9.81. The van der Waals surface area contributed by atoms with Gasteiger partial charge in [-0.2, -0.15) is 0 Å². The Hall–Kier alpha value is -1.28. The fraction of sp³-hybridized carbons (Fsp3) is 0.895. The lowest BCUT2D eigenvalue weighted by Gasteiger charge is -2.40. The van der Waals surface area contributed by atoms with Crippen molar-refractivity contribution >= 4 is 20.5 Å². The summed E-state index contributed by atoms with van der Waals surface area (Å²) in [5.74, 6) is 0. The van der Waals surface area contributed by atoms with Gasteiger partial charge in [-0.3, -0.25) is 0 Å². The molecule has 0 aromatic rings. The molecule has 7 nitrogen and oxygen atoms in total. The zero-order valence-electron chi connectivity index (χ0n) is 18.3. The molecule has 0 aromatic heterocycles. The third-order valence-electron chi connectivity index (χ3n) is 5.34. The molecule has 1 rings (SSSR count). The first-order valence-electron chi connectivity index (χ1n) is 9.75. The van der Waals surface area contributed by atoms with E-state index in [1.807, 2.05) is 20.8 Å². The number of rotatable bonds is 5. The van der Waals surface area contributed by atoms with Gasteiger partial charge in [-0.15, -0.1) is 0 Å². The number of nitrogens with zero attached hydrogens (tertiary/aromatic N) is 2. The number of carbonyl (C=O) groups excluding carboxylic acids is 1. The number of hydrogen-bond donors (Lipinski definition) is 1. The fourth-order valence-electron chi connectivity index (χ4n) is 2.74. The summed E-state index contributed by atoms with van der Waals surface area (Å²) < 4.78 is 11.8. The van der Waals surface area contributed by atoms with Crippen molar-refractivity contribution in [3.8, 4) is 0 Å². The van der Waals surface area contributed by atoms with Gasteiger partial charge in [-0.1, -0.05) is 20.8 Å². The minimum Gasteiger partial charge on any atom is -0.465 e. The fourth-order valence-corrected chi connectivity index (χ4v) is 3.78. The van der Waals surface area contributed by atoms with Crippen LogP contribution in [0, 0.1) is 0 Å². The first-order chi connectivity index (χ1) is 12.1. The second-order valence-corrected chi connectivity index (χ2v) is 14.6. The van der Waals surface area contributed by atoms with Crippen molar-refractivity contribution < 1.29 is 23.9 Å². The smallest absolute Gasteiger partial charge is 0.410 e. The van der Waals surface area contributed by atoms with Gasteiger partial charge in [0.1, 0.15) is 5.60 Å². The molecule has 158 valence electrons. The number of piperidine rings is 1. The van der Waals surface area contributed by atoms with Gasteiger partial charge in [0.25, 0.3) is 0 Å². The molecule has 27 heavy (non-hydrogen) atoms. The first-order valence-corrected chi connectivity index (χ1v) is 12.7. The highest BCUT2D eigenvalue weighted by molar-refractivity contribution is 6.74. The summed E-state index contributed by atoms with van der Waals surface area (Å²) in [7, 11) is -1.92. The molecule has 8 heteroatoms. The number of hydrogen-bond acceptors (Lipinski definition) is 4. The second kappa shape index (κ2) is 8.81. The summed E-state index contributed by atoms with van der Waals surface area (Å²) in [5.41, 5.74) is -0.600. The minimum atomic E-state index is -1.92. The van der Waals surface area contributed by atoms with Crippen molar-refractivity contribution in [3.05, 3.63) is 0 Å². The topological polar surface area (TPSA) is 79.3 Å². The third-order valence-corrected chi connectivity index (χ3v) is 9.88. The summed E-state index contributed by atoms with van der Waals surface area (Å²) >= 11 is 0. The van der Waals surface area contributed by atoms with E-state index in [4.69, 9.17) is 9.16 Å². The third kappa shape index (κ3) is 7.33. The Bertz CT molecular complexity index is 525. The van der Waals surface area contributed by atoms with Crippen LogP contribution in [0.2, 0.25) is 18.1 Å². The van der Waals surface area contributed by atoms with E-state index in [-0.39, 0.29) is 11.1 Å². The van der Waals surface area contributed by atoms with Gasteiger partial charge in [0.2, 0.25) is 0 Å². The van der Waals surface area contributed by atoms with Crippen LogP contribution in [0.3, 0.4) is 0 Å². The zero-order valence-corrected chi connectivity index (χ0v) is 19.3. The standard InChI is InChI=1S/C19H38N2O5Si/c1-18(2,3)26-17(24)21(12-13-25-27(7,8)19(4,5)6)15-10-9-11-20(14-15)16(22)23/h15H,9-14H2,1-8H3,(H,22,23). The van der Waals surface area contributed by atoms with E-state index in [0.29, 0.717) is 26.2 Å². The van der Waals surface area contributed by atoms with Crippen LogP contribution >= 0.6 is 0 Å². The zero-order chi connectivity index (χ0) is 21.0. The van der Waals surface area contributed by atoms with Crippen molar-refractivity contribution in [3.63, 3.8) is 0 Å². The highest BCUT2D eigenvalue weighted by Gasteiger charge is 2.38. The predicted octanol–water partition coefficient (Wildman–Crippen LogP) is 4.39. The molecule has 2 amide bonds. The maximum absolute atomic E-state index is 12.8. The summed E-state index contributed by atoms with van der Waals surface area (Å²) in [6, 6.07) is -0.187. The SMILES string of the molecule is CC(C)(C)OC(=O)N(CCO[Si](C)(C)C(C)(C)C)C1CCCN(C(=O)O)C1. The van der Waals surface area contributed by atoms with Crippen LogP contribution in [0.25, 0.3) is 0 Å². The van der Waals surface area contributed by atoms with Gasteiger partial charge in [0, 0.05) is 19.6 Å². The van der Waals surface area contributed by atoms with Crippen LogP contribution in [0.5, 0.6) is 0 Å². The Balaban J connectivity index is 2.85. The maximum atomic E-state index is 12.8. The molecule has 1 aliphatic heterocycles. The average Bonchev–Trinajstić information content (AvgIpc) is 2.48. The summed E-state index contributed by atoms with van der Waals surface area (Å²) in [6.07, 6.45) is 0.155. The van der Waals surface area contributed by atoms with Crippen LogP contribution in [0.4, 0.5) is 9.59 Å². The minimum absolute atomic E-state index is 0.0920. The lowest BCUT2D eigenvalue weighted by atomic mass is 10.0. The summed E-state index contributed by atoms with van der Waals surface area (Å²) in [6.45, 7) is 18.0. The molecule has 1 unspecified atom stereocenters. The van der Waals surface area contributed by atoms with Gasteiger partial charge >= 0.3 is 12.2 Å². The van der Waals surface area contributed by atoms with E-state index in [0.717, 1.165) is 12.8 Å². The van der Waals surface area contributed by atoms with E-state index < -0.39 is 26.1 Å². The highest BCUT2D eigenvalue weighted by Crippen LogP contribution is 2.36. The monoisotopic (exact) mass is 402 g/mol. The predicted molar refractivity (Wildman–Crippen MR) is 109 cm³/mol. The molecule has 0 aromatic carbocycles. The van der Waals surface area contributed by atoms with Crippen LogP contribution in [0.1, 0.15) is 54.4 Å². The van der Waals surface area contributed by atoms with Crippen LogP contribution in [-0.2, 0) is 9.16 Å². The number of ether oxygens (including phenoxy) is 1. The Morgan fingerprint density at radius 1 is 1.19 bits per heavy atom. The van der Waals surface area contributed by atoms with Gasteiger partial charge < -0.3 is 24.1 Å². The van der Waals surface area contributed by atoms with Gasteiger partial charge in [-0.05, 0) is 51.7 Å². The lowest BCUT2D eigenvalue weighted by molar-refractivity contribution is 0.00334. The van der Waals surface area contributed by atoms with E-state index in [1.54, 1.807) is 4.90 Å². The van der Waals surface area contributed by atoms with Crippen molar-refractivity contribution in [1.29, 1.82) is 0 Å². The van der Waals surface area contributed by atoms with Gasteiger partial charge in [-0.25, -0.2) is 9.59 Å². The van der Waals surface area contributed by atoms with Crippen molar-refractivity contribution in [2.75, 3.05) is 26.2 Å². The highest BCUT2D eigenvalue weighted by atomic mass is 28.4. The van der Waals surface area contributed by atoms with E-state index >= 15 is 0 Å². The molecule has 0 radical (unpaired) electrons. The molecule has 1 heterocycles. The molecule has 0 aliphatic carbocycles.